The van der Waals surface area contributed by atoms with Crippen LogP contribution in [0.4, 0.5) is 5.82 Å². The zero-order valence-electron chi connectivity index (χ0n) is 17.7. The van der Waals surface area contributed by atoms with Crippen LogP contribution in [0.25, 0.3) is 0 Å². The topological polar surface area (TPSA) is 109 Å². The van der Waals surface area contributed by atoms with E-state index in [0.29, 0.717) is 5.56 Å². The number of anilines is 1. The highest BCUT2D eigenvalue weighted by molar-refractivity contribution is 7.89. The molecule has 0 spiro atoms. The van der Waals surface area contributed by atoms with Crippen molar-refractivity contribution in [2.45, 2.75) is 56.5 Å². The molecule has 1 aliphatic rings. The predicted octanol–water partition coefficient (Wildman–Crippen LogP) is 1.68. The van der Waals surface area contributed by atoms with Gasteiger partial charge in [0.05, 0.1) is 11.8 Å². The Kier molecular flexibility index (Phi) is 7.09. The quantitative estimate of drug-likeness (QED) is 0.654. The number of aryl methyl sites for hydroxylation is 1. The zero-order valence-corrected chi connectivity index (χ0v) is 18.5. The Bertz CT molecular complexity index is 949. The fourth-order valence-corrected chi connectivity index (χ4v) is 4.83. The van der Waals surface area contributed by atoms with Crippen LogP contribution in [0.1, 0.15) is 49.9 Å². The van der Waals surface area contributed by atoms with E-state index in [2.05, 4.69) is 25.0 Å². The van der Waals surface area contributed by atoms with Gasteiger partial charge in [0.25, 0.3) is 5.91 Å². The summed E-state index contributed by atoms with van der Waals surface area (Å²) in [6.45, 7) is 5.36. The maximum atomic E-state index is 12.5. The molecular formula is C20H30N6O3S. The van der Waals surface area contributed by atoms with Gasteiger partial charge in [0.15, 0.2) is 0 Å². The number of aromatic nitrogens is 3. The standard InChI is InChI=1S/C20H30N6O3S/c1-4-5-15(2)24-30(28,29)18-6-7-19(21-13-18)26-10-8-17(9-11-26)23-20(27)16-12-22-25(3)14-16/h6-7,12-15,17,24H,4-5,8-11H2,1-3H3,(H,23,27). The number of pyridine rings is 1. The Balaban J connectivity index is 1.54. The van der Waals surface area contributed by atoms with Crippen molar-refractivity contribution in [2.75, 3.05) is 18.0 Å². The average Bonchev–Trinajstić information content (AvgIpc) is 3.15. The van der Waals surface area contributed by atoms with Gasteiger partial charge in [-0.1, -0.05) is 13.3 Å². The van der Waals surface area contributed by atoms with Crippen LogP contribution in [-0.4, -0.2) is 54.3 Å². The van der Waals surface area contributed by atoms with Crippen molar-refractivity contribution in [3.05, 3.63) is 36.3 Å². The Morgan fingerprint density at radius 1 is 1.27 bits per heavy atom. The highest BCUT2D eigenvalue weighted by Gasteiger charge is 2.23. The maximum absolute atomic E-state index is 12.5. The molecule has 0 aromatic carbocycles. The van der Waals surface area contributed by atoms with Crippen LogP contribution >= 0.6 is 0 Å². The van der Waals surface area contributed by atoms with E-state index in [0.717, 1.165) is 44.6 Å². The Hall–Kier alpha value is -2.46. The van der Waals surface area contributed by atoms with Crippen molar-refractivity contribution in [1.29, 1.82) is 0 Å². The monoisotopic (exact) mass is 434 g/mol. The molecule has 9 nitrogen and oxygen atoms in total. The second-order valence-corrected chi connectivity index (χ2v) is 9.51. The SMILES string of the molecule is CCCC(C)NS(=O)(=O)c1ccc(N2CCC(NC(=O)c3cnn(C)c3)CC2)nc1. The molecule has 1 unspecified atom stereocenters. The van der Waals surface area contributed by atoms with Gasteiger partial charge >= 0.3 is 0 Å². The lowest BCUT2D eigenvalue weighted by atomic mass is 10.0. The predicted molar refractivity (Wildman–Crippen MR) is 115 cm³/mol. The summed E-state index contributed by atoms with van der Waals surface area (Å²) in [6, 6.07) is 3.33. The van der Waals surface area contributed by atoms with Gasteiger partial charge in [-0.15, -0.1) is 0 Å². The zero-order chi connectivity index (χ0) is 21.7. The summed E-state index contributed by atoms with van der Waals surface area (Å²) < 4.78 is 29.2. The van der Waals surface area contributed by atoms with E-state index in [1.165, 1.54) is 6.20 Å². The van der Waals surface area contributed by atoms with Crippen molar-refractivity contribution >= 4 is 21.7 Å². The number of amides is 1. The summed E-state index contributed by atoms with van der Waals surface area (Å²) in [5.74, 6) is 0.631. The second kappa shape index (κ2) is 9.57. The van der Waals surface area contributed by atoms with E-state index >= 15 is 0 Å². The van der Waals surface area contributed by atoms with Crippen LogP contribution in [0.5, 0.6) is 0 Å². The van der Waals surface area contributed by atoms with Crippen molar-refractivity contribution < 1.29 is 13.2 Å². The number of carbonyl (C=O) groups is 1. The van der Waals surface area contributed by atoms with Gasteiger partial charge in [0.1, 0.15) is 10.7 Å². The molecule has 0 aliphatic carbocycles. The van der Waals surface area contributed by atoms with Crippen LogP contribution in [0.3, 0.4) is 0 Å². The third-order valence-electron chi connectivity index (χ3n) is 5.23. The van der Waals surface area contributed by atoms with E-state index < -0.39 is 10.0 Å². The molecule has 2 aromatic rings. The first-order valence-electron chi connectivity index (χ1n) is 10.3. The minimum atomic E-state index is -3.56. The number of hydrogen-bond donors (Lipinski definition) is 2. The van der Waals surface area contributed by atoms with Crippen LogP contribution in [0.2, 0.25) is 0 Å². The first kappa shape index (κ1) is 22.2. The van der Waals surface area contributed by atoms with E-state index in [1.54, 1.807) is 36.3 Å². The molecule has 3 rings (SSSR count). The second-order valence-electron chi connectivity index (χ2n) is 7.80. The summed E-state index contributed by atoms with van der Waals surface area (Å²) in [5.41, 5.74) is 0.556. The Morgan fingerprint density at radius 2 is 2.00 bits per heavy atom. The molecule has 2 N–H and O–H groups in total. The van der Waals surface area contributed by atoms with Crippen LogP contribution in [0.15, 0.2) is 35.6 Å². The molecule has 164 valence electrons. The van der Waals surface area contributed by atoms with E-state index in [9.17, 15) is 13.2 Å². The molecule has 1 amide bonds. The minimum absolute atomic E-state index is 0.0952. The van der Waals surface area contributed by atoms with Gasteiger partial charge in [-0.25, -0.2) is 18.1 Å². The molecule has 0 bridgehead atoms. The van der Waals surface area contributed by atoms with Crippen LogP contribution in [-0.2, 0) is 17.1 Å². The van der Waals surface area contributed by atoms with E-state index in [-0.39, 0.29) is 22.9 Å². The van der Waals surface area contributed by atoms with Gasteiger partial charge in [0, 0.05) is 44.6 Å². The molecule has 3 heterocycles. The summed E-state index contributed by atoms with van der Waals surface area (Å²) in [7, 11) is -1.78. The van der Waals surface area contributed by atoms with Crippen LogP contribution < -0.4 is 14.9 Å². The normalized spacial score (nSPS) is 16.4. The molecule has 0 saturated carbocycles. The fourth-order valence-electron chi connectivity index (χ4n) is 3.60. The lowest BCUT2D eigenvalue weighted by Gasteiger charge is -2.33. The van der Waals surface area contributed by atoms with Gasteiger partial charge < -0.3 is 10.2 Å². The summed E-state index contributed by atoms with van der Waals surface area (Å²) >= 11 is 0. The molecule has 1 atom stereocenters. The minimum Gasteiger partial charge on any atom is -0.356 e. The van der Waals surface area contributed by atoms with Gasteiger partial charge in [-0.2, -0.15) is 5.10 Å². The number of nitrogens with one attached hydrogen (secondary N) is 2. The lowest BCUT2D eigenvalue weighted by Crippen LogP contribution is -2.44. The van der Waals surface area contributed by atoms with E-state index in [4.69, 9.17) is 0 Å². The smallest absolute Gasteiger partial charge is 0.254 e. The highest BCUT2D eigenvalue weighted by Crippen LogP contribution is 2.20. The Labute approximate surface area is 177 Å². The third kappa shape index (κ3) is 5.57. The highest BCUT2D eigenvalue weighted by atomic mass is 32.2. The first-order valence-corrected chi connectivity index (χ1v) is 11.8. The number of rotatable bonds is 8. The van der Waals surface area contributed by atoms with Crippen molar-refractivity contribution in [1.82, 2.24) is 24.8 Å². The van der Waals surface area contributed by atoms with Crippen LogP contribution in [0, 0.1) is 0 Å². The van der Waals surface area contributed by atoms with Gasteiger partial charge in [-0.05, 0) is 38.3 Å². The molecule has 2 aromatic heterocycles. The first-order chi connectivity index (χ1) is 14.3. The van der Waals surface area contributed by atoms with Gasteiger partial charge in [0.2, 0.25) is 10.0 Å². The van der Waals surface area contributed by atoms with Crippen molar-refractivity contribution in [2.24, 2.45) is 7.05 Å². The molecule has 1 fully saturated rings. The average molecular weight is 435 g/mol. The summed E-state index contributed by atoms with van der Waals surface area (Å²) in [4.78, 5) is 18.9. The van der Waals surface area contributed by atoms with Crippen molar-refractivity contribution in [3.63, 3.8) is 0 Å². The Morgan fingerprint density at radius 3 is 2.57 bits per heavy atom. The number of sulfonamides is 1. The maximum Gasteiger partial charge on any atom is 0.254 e. The molecule has 0 radical (unpaired) electrons. The molecular weight excluding hydrogens is 404 g/mol. The fraction of sp³-hybridized carbons (Fsp3) is 0.550. The third-order valence-corrected chi connectivity index (χ3v) is 6.81. The lowest BCUT2D eigenvalue weighted by molar-refractivity contribution is 0.0931. The molecule has 30 heavy (non-hydrogen) atoms. The largest absolute Gasteiger partial charge is 0.356 e. The van der Waals surface area contributed by atoms with Crippen molar-refractivity contribution in [3.8, 4) is 0 Å². The molecule has 1 saturated heterocycles. The number of piperidine rings is 1. The summed E-state index contributed by atoms with van der Waals surface area (Å²) in [5, 5.41) is 7.07. The number of hydrogen-bond acceptors (Lipinski definition) is 6. The van der Waals surface area contributed by atoms with Gasteiger partial charge in [-0.3, -0.25) is 9.48 Å². The number of nitrogens with zero attached hydrogens (tertiary/aromatic N) is 4. The molecule has 10 heteroatoms. The summed E-state index contributed by atoms with van der Waals surface area (Å²) in [6.07, 6.45) is 7.96. The molecule has 1 aliphatic heterocycles. The number of carbonyl (C=O) groups excluding carboxylic acids is 1. The van der Waals surface area contributed by atoms with E-state index in [1.807, 2.05) is 13.8 Å².